The van der Waals surface area contributed by atoms with E-state index >= 15 is 0 Å². The molecule has 9 heteroatoms. The molecule has 168 valence electrons. The lowest BCUT2D eigenvalue weighted by atomic mass is 9.89. The van der Waals surface area contributed by atoms with Gasteiger partial charge in [0.2, 0.25) is 0 Å². The fraction of sp³-hybridized carbons (Fsp3) is 0.292. The molecular weight excluding hydrogens is 416 g/mol. The molecule has 0 aliphatic carbocycles. The first-order valence-electron chi connectivity index (χ1n) is 10.9. The molecule has 4 aromatic rings. The second kappa shape index (κ2) is 8.16. The Balaban J connectivity index is 1.33. The fourth-order valence-electron chi connectivity index (χ4n) is 4.46. The third kappa shape index (κ3) is 3.75. The molecule has 5 rings (SSSR count). The number of rotatable bonds is 5. The predicted octanol–water partition coefficient (Wildman–Crippen LogP) is 3.35. The molecule has 0 saturated carbocycles. The Bertz CT molecular complexity index is 1270. The van der Waals surface area contributed by atoms with Gasteiger partial charge in [0.05, 0.1) is 28.4 Å². The van der Waals surface area contributed by atoms with E-state index in [2.05, 4.69) is 60.9 Å². The number of fused-ring (bicyclic) bond motifs is 1. The van der Waals surface area contributed by atoms with Crippen LogP contribution in [0.2, 0.25) is 0 Å². The molecule has 0 bridgehead atoms. The average molecular weight is 443 g/mol. The molecule has 0 aromatic carbocycles. The van der Waals surface area contributed by atoms with E-state index in [1.165, 1.54) is 0 Å². The van der Waals surface area contributed by atoms with Gasteiger partial charge in [-0.2, -0.15) is 0 Å². The summed E-state index contributed by atoms with van der Waals surface area (Å²) in [7, 11) is 2.06. The van der Waals surface area contributed by atoms with Crippen LogP contribution in [0, 0.1) is 5.92 Å². The van der Waals surface area contributed by atoms with Crippen molar-refractivity contribution in [3.05, 3.63) is 67.0 Å². The molecule has 33 heavy (non-hydrogen) atoms. The summed E-state index contributed by atoms with van der Waals surface area (Å²) in [5.41, 5.74) is 1.83. The van der Waals surface area contributed by atoms with E-state index in [-0.39, 0.29) is 11.4 Å². The SMILES string of the molecule is CC1CN(c2ncnc3[nH]ccc23)C[C@]1(C)N(C)c1ccc(C(=O)Nc2cccnc2)cn1. The van der Waals surface area contributed by atoms with Crippen LogP contribution in [0.3, 0.4) is 0 Å². The van der Waals surface area contributed by atoms with Crippen LogP contribution in [0.4, 0.5) is 17.3 Å². The molecule has 0 radical (unpaired) electrons. The molecule has 1 amide bonds. The van der Waals surface area contributed by atoms with Gasteiger partial charge < -0.3 is 20.1 Å². The highest BCUT2D eigenvalue weighted by Crippen LogP contribution is 2.37. The van der Waals surface area contributed by atoms with E-state index in [1.807, 2.05) is 18.3 Å². The van der Waals surface area contributed by atoms with Gasteiger partial charge in [-0.25, -0.2) is 15.0 Å². The van der Waals surface area contributed by atoms with Crippen molar-refractivity contribution >= 4 is 34.3 Å². The fourth-order valence-corrected chi connectivity index (χ4v) is 4.46. The van der Waals surface area contributed by atoms with Crippen molar-refractivity contribution in [1.29, 1.82) is 0 Å². The standard InChI is InChI=1S/C24H26N8O/c1-16-13-32(22-19-8-10-26-21(19)28-15-29-22)14-24(16,2)31(3)20-7-6-17(11-27-20)23(33)30-18-5-4-9-25-12-18/h4-12,15-16H,13-14H2,1-3H3,(H,30,33)(H,26,28,29)/t16?,24-/m0/s1. The molecule has 1 unspecified atom stereocenters. The molecule has 1 aliphatic heterocycles. The van der Waals surface area contributed by atoms with Crippen molar-refractivity contribution in [3.63, 3.8) is 0 Å². The van der Waals surface area contributed by atoms with E-state index in [0.29, 0.717) is 17.2 Å². The van der Waals surface area contributed by atoms with Crippen molar-refractivity contribution in [2.45, 2.75) is 19.4 Å². The number of likely N-dealkylation sites (N-methyl/N-ethyl adjacent to an activating group) is 1. The zero-order valence-corrected chi connectivity index (χ0v) is 18.9. The minimum absolute atomic E-state index is 0.167. The lowest BCUT2D eigenvalue weighted by Crippen LogP contribution is -2.50. The van der Waals surface area contributed by atoms with Crippen molar-refractivity contribution in [3.8, 4) is 0 Å². The van der Waals surface area contributed by atoms with Crippen LogP contribution in [0.15, 0.2) is 61.4 Å². The second-order valence-corrected chi connectivity index (χ2v) is 8.74. The lowest BCUT2D eigenvalue weighted by molar-refractivity contribution is 0.102. The highest BCUT2D eigenvalue weighted by atomic mass is 16.1. The van der Waals surface area contributed by atoms with Gasteiger partial charge >= 0.3 is 0 Å². The van der Waals surface area contributed by atoms with Crippen LogP contribution >= 0.6 is 0 Å². The Morgan fingerprint density at radius 1 is 1.21 bits per heavy atom. The van der Waals surface area contributed by atoms with Crippen molar-refractivity contribution in [1.82, 2.24) is 24.9 Å². The number of hydrogen-bond donors (Lipinski definition) is 2. The largest absolute Gasteiger partial charge is 0.353 e. The molecule has 1 fully saturated rings. The first-order valence-corrected chi connectivity index (χ1v) is 10.9. The number of hydrogen-bond acceptors (Lipinski definition) is 7. The maximum atomic E-state index is 12.5. The first kappa shape index (κ1) is 20.9. The minimum Gasteiger partial charge on any atom is -0.353 e. The normalized spacial score (nSPS) is 20.2. The molecule has 0 spiro atoms. The Morgan fingerprint density at radius 2 is 2.09 bits per heavy atom. The zero-order valence-electron chi connectivity index (χ0n) is 18.9. The minimum atomic E-state index is -0.212. The Labute approximate surface area is 191 Å². The smallest absolute Gasteiger partial charge is 0.257 e. The summed E-state index contributed by atoms with van der Waals surface area (Å²) < 4.78 is 0. The van der Waals surface area contributed by atoms with Crippen LogP contribution in [0.1, 0.15) is 24.2 Å². The number of amides is 1. The van der Waals surface area contributed by atoms with Crippen molar-refractivity contribution in [2.24, 2.45) is 5.92 Å². The van der Waals surface area contributed by atoms with Crippen LogP contribution in [-0.2, 0) is 0 Å². The van der Waals surface area contributed by atoms with Gasteiger partial charge in [-0.15, -0.1) is 0 Å². The summed E-state index contributed by atoms with van der Waals surface area (Å²) in [6.45, 7) is 6.18. The van der Waals surface area contributed by atoms with Gasteiger partial charge in [0.25, 0.3) is 5.91 Å². The molecule has 5 heterocycles. The van der Waals surface area contributed by atoms with E-state index in [1.54, 1.807) is 43.1 Å². The van der Waals surface area contributed by atoms with Crippen molar-refractivity contribution < 1.29 is 4.79 Å². The maximum absolute atomic E-state index is 12.5. The van der Waals surface area contributed by atoms with Gasteiger partial charge in [0.1, 0.15) is 23.6 Å². The van der Waals surface area contributed by atoms with Gasteiger partial charge in [-0.05, 0) is 43.2 Å². The molecule has 2 N–H and O–H groups in total. The third-order valence-electron chi connectivity index (χ3n) is 6.74. The van der Waals surface area contributed by atoms with Crippen LogP contribution in [0.25, 0.3) is 11.0 Å². The first-order chi connectivity index (χ1) is 16.0. The van der Waals surface area contributed by atoms with E-state index < -0.39 is 0 Å². The number of pyridine rings is 2. The van der Waals surface area contributed by atoms with Crippen molar-refractivity contribution in [2.75, 3.05) is 35.3 Å². The lowest BCUT2D eigenvalue weighted by Gasteiger charge is -2.39. The summed E-state index contributed by atoms with van der Waals surface area (Å²) in [6, 6.07) is 9.30. The summed E-state index contributed by atoms with van der Waals surface area (Å²) in [5, 5.41) is 3.86. The van der Waals surface area contributed by atoms with Gasteiger partial charge in [0.15, 0.2) is 0 Å². The van der Waals surface area contributed by atoms with E-state index in [4.69, 9.17) is 0 Å². The Hall–Kier alpha value is -4.01. The Morgan fingerprint density at radius 3 is 2.85 bits per heavy atom. The highest BCUT2D eigenvalue weighted by molar-refractivity contribution is 6.04. The zero-order chi connectivity index (χ0) is 23.0. The maximum Gasteiger partial charge on any atom is 0.257 e. The summed E-state index contributed by atoms with van der Waals surface area (Å²) in [6.07, 6.45) is 8.39. The number of aromatic nitrogens is 5. The molecule has 1 saturated heterocycles. The van der Waals surface area contributed by atoms with Gasteiger partial charge in [0, 0.05) is 38.7 Å². The quantitative estimate of drug-likeness (QED) is 0.489. The monoisotopic (exact) mass is 442 g/mol. The number of H-pyrrole nitrogens is 1. The van der Waals surface area contributed by atoms with E-state index in [9.17, 15) is 4.79 Å². The summed E-state index contributed by atoms with van der Waals surface area (Å²) in [5.74, 6) is 1.91. The average Bonchev–Trinajstić information content (AvgIpc) is 3.44. The van der Waals surface area contributed by atoms with E-state index in [0.717, 1.165) is 35.8 Å². The molecule has 2 atom stereocenters. The third-order valence-corrected chi connectivity index (χ3v) is 6.74. The summed E-state index contributed by atoms with van der Waals surface area (Å²) >= 11 is 0. The van der Waals surface area contributed by atoms with Crippen LogP contribution in [-0.4, -0.2) is 56.5 Å². The molecule has 9 nitrogen and oxygen atoms in total. The second-order valence-electron chi connectivity index (χ2n) is 8.74. The summed E-state index contributed by atoms with van der Waals surface area (Å²) in [4.78, 5) is 37.7. The van der Waals surface area contributed by atoms with Crippen LogP contribution < -0.4 is 15.1 Å². The number of carbonyl (C=O) groups excluding carboxylic acids is 1. The topological polar surface area (TPSA) is 103 Å². The highest BCUT2D eigenvalue weighted by Gasteiger charge is 2.44. The Kier molecular flexibility index (Phi) is 5.16. The number of aromatic amines is 1. The molecule has 1 aliphatic rings. The van der Waals surface area contributed by atoms with Gasteiger partial charge in [-0.1, -0.05) is 6.92 Å². The number of carbonyl (C=O) groups is 1. The number of nitrogens with zero attached hydrogens (tertiary/aromatic N) is 6. The van der Waals surface area contributed by atoms with Gasteiger partial charge in [-0.3, -0.25) is 9.78 Å². The molecule has 4 aromatic heterocycles. The molecular formula is C24H26N8O. The number of anilines is 3. The number of nitrogens with one attached hydrogen (secondary N) is 2. The predicted molar refractivity (Wildman–Crippen MR) is 129 cm³/mol. The van der Waals surface area contributed by atoms with Crippen LogP contribution in [0.5, 0.6) is 0 Å².